The lowest BCUT2D eigenvalue weighted by atomic mass is 9.79. The summed E-state index contributed by atoms with van der Waals surface area (Å²) in [5, 5.41) is 0. The third-order valence-corrected chi connectivity index (χ3v) is 5.96. The average molecular weight is 384 g/mol. The number of ether oxygens (including phenoxy) is 1. The summed E-state index contributed by atoms with van der Waals surface area (Å²) in [6.45, 7) is 11.4. The molecule has 6 nitrogen and oxygen atoms in total. The number of hydrogen-bond donors (Lipinski definition) is 0. The van der Waals surface area contributed by atoms with Crippen molar-refractivity contribution >= 4 is 22.6 Å². The zero-order valence-corrected chi connectivity index (χ0v) is 17.9. The molecule has 3 heterocycles. The maximum atomic E-state index is 6.29. The predicted molar refractivity (Wildman–Crippen MR) is 105 cm³/mol. The molecule has 0 amide bonds. The largest absolute Gasteiger partial charge is 0.457 e. The summed E-state index contributed by atoms with van der Waals surface area (Å²) in [6, 6.07) is 0. The second-order valence-corrected chi connectivity index (χ2v) is 13.0. The first-order chi connectivity index (χ1) is 12.4. The zero-order chi connectivity index (χ0) is 18.7. The summed E-state index contributed by atoms with van der Waals surface area (Å²) >= 11 is 0. The van der Waals surface area contributed by atoms with Crippen LogP contribution in [0.3, 0.4) is 0 Å². The van der Waals surface area contributed by atoms with Gasteiger partial charge < -0.3 is 27.8 Å². The molecule has 0 aromatic carbocycles. The minimum Gasteiger partial charge on any atom is -0.408 e. The van der Waals surface area contributed by atoms with Gasteiger partial charge in [-0.1, -0.05) is 39.5 Å². The highest BCUT2D eigenvalue weighted by Gasteiger charge is 2.57. The number of hydrogen-bond acceptors (Lipinski definition) is 6. The molecule has 5 atom stereocenters. The fourth-order valence-electron chi connectivity index (χ4n) is 3.75. The van der Waals surface area contributed by atoms with Crippen LogP contribution in [0, 0.1) is 0 Å². The Bertz CT molecular complexity index is 451. The molecule has 3 fully saturated rings. The van der Waals surface area contributed by atoms with Gasteiger partial charge in [0.25, 0.3) is 0 Å². The second kappa shape index (κ2) is 9.07. The zero-order valence-electron chi connectivity index (χ0n) is 16.9. The van der Waals surface area contributed by atoms with Crippen LogP contribution in [-0.4, -0.2) is 59.9 Å². The molecule has 0 spiro atoms. The molecular weight excluding hydrogens is 350 g/mol. The Morgan fingerprint density at radius 2 is 1.50 bits per heavy atom. The molecule has 1 unspecified atom stereocenters. The molecule has 3 aliphatic heterocycles. The number of fused-ring (bicyclic) bond motifs is 3. The summed E-state index contributed by atoms with van der Waals surface area (Å²) in [5.41, 5.74) is 0. The summed E-state index contributed by atoms with van der Waals surface area (Å²) in [4.78, 5) is 0. The predicted octanol–water partition coefficient (Wildman–Crippen LogP) is 3.34. The van der Waals surface area contributed by atoms with E-state index in [1.165, 1.54) is 0 Å². The Morgan fingerprint density at radius 1 is 0.885 bits per heavy atom. The van der Waals surface area contributed by atoms with E-state index in [2.05, 4.69) is 33.5 Å². The molecule has 0 aromatic heterocycles. The van der Waals surface area contributed by atoms with Crippen LogP contribution in [0.4, 0.5) is 0 Å². The highest BCUT2D eigenvalue weighted by molar-refractivity contribution is 6.69. The third kappa shape index (κ3) is 5.13. The van der Waals surface area contributed by atoms with E-state index < -0.39 is 14.6 Å². The Balaban J connectivity index is 1.70. The molecule has 3 rings (SSSR count). The topological polar surface area (TPSA) is 55.4 Å². The van der Waals surface area contributed by atoms with Crippen molar-refractivity contribution < 1.29 is 27.8 Å². The van der Waals surface area contributed by atoms with Crippen LogP contribution in [0.15, 0.2) is 0 Å². The first-order valence-electron chi connectivity index (χ1n) is 10.3. The second-order valence-electron chi connectivity index (χ2n) is 8.55. The van der Waals surface area contributed by atoms with Gasteiger partial charge >= 0.3 is 14.2 Å². The number of rotatable bonds is 8. The Hall–Kier alpha value is 0.107. The minimum atomic E-state index is -1.78. The molecule has 0 aromatic rings. The van der Waals surface area contributed by atoms with Crippen molar-refractivity contribution in [3.63, 3.8) is 0 Å². The molecule has 3 aliphatic rings. The highest BCUT2D eigenvalue weighted by atomic mass is 28.4. The van der Waals surface area contributed by atoms with Crippen molar-refractivity contribution in [2.75, 3.05) is 6.61 Å². The van der Waals surface area contributed by atoms with E-state index >= 15 is 0 Å². The van der Waals surface area contributed by atoms with E-state index in [1.54, 1.807) is 0 Å². The van der Waals surface area contributed by atoms with Crippen LogP contribution in [0.5, 0.6) is 0 Å². The molecule has 0 radical (unpaired) electrons. The van der Waals surface area contributed by atoms with E-state index in [4.69, 9.17) is 27.8 Å². The van der Waals surface area contributed by atoms with Crippen molar-refractivity contribution in [3.8, 4) is 0 Å². The van der Waals surface area contributed by atoms with E-state index in [0.29, 0.717) is 6.61 Å². The Labute approximate surface area is 160 Å². The van der Waals surface area contributed by atoms with Gasteiger partial charge in [-0.2, -0.15) is 0 Å². The van der Waals surface area contributed by atoms with Crippen LogP contribution in [0.2, 0.25) is 32.3 Å². The third-order valence-electron chi connectivity index (χ3n) is 5.02. The van der Waals surface area contributed by atoms with Crippen LogP contribution < -0.4 is 0 Å². The minimum absolute atomic E-state index is 0.148. The van der Waals surface area contributed by atoms with Crippen LogP contribution in [0.25, 0.3) is 0 Å². The van der Waals surface area contributed by atoms with Gasteiger partial charge in [-0.15, -0.1) is 0 Å². The lowest BCUT2D eigenvalue weighted by Gasteiger charge is -2.47. The van der Waals surface area contributed by atoms with Crippen molar-refractivity contribution in [1.29, 1.82) is 0 Å². The van der Waals surface area contributed by atoms with E-state index in [0.717, 1.165) is 38.3 Å². The average Bonchev–Trinajstić information content (AvgIpc) is 3.02. The van der Waals surface area contributed by atoms with Crippen LogP contribution >= 0.6 is 0 Å². The lowest BCUT2D eigenvalue weighted by Crippen LogP contribution is -2.64. The first-order valence-corrected chi connectivity index (χ1v) is 13.7. The van der Waals surface area contributed by atoms with Gasteiger partial charge in [-0.3, -0.25) is 0 Å². The highest BCUT2D eigenvalue weighted by Crippen LogP contribution is 2.38. The summed E-state index contributed by atoms with van der Waals surface area (Å²) < 4.78 is 37.2. The first kappa shape index (κ1) is 20.8. The molecule has 0 aliphatic carbocycles. The molecule has 0 saturated carbocycles. The monoisotopic (exact) mass is 384 g/mol. The Morgan fingerprint density at radius 3 is 2.15 bits per heavy atom. The standard InChI is InChI=1S/C17H34B2O6Si/c1-6-8-10-18-20-12-13-14(22-18)15-16(17(21-13)25-26(3,4)5)24-19(23-15)11-9-7-2/h13-17H,6-12H2,1-5H3/t13-,14-,15+,16+,17?/m0/s1. The van der Waals surface area contributed by atoms with Crippen molar-refractivity contribution in [2.45, 2.75) is 103 Å². The Kier molecular flexibility index (Phi) is 7.27. The van der Waals surface area contributed by atoms with Gasteiger partial charge in [0.2, 0.25) is 0 Å². The molecular formula is C17H34B2O6Si. The molecule has 3 saturated heterocycles. The maximum Gasteiger partial charge on any atom is 0.457 e. The van der Waals surface area contributed by atoms with Gasteiger partial charge in [-0.05, 0) is 32.3 Å². The molecule has 26 heavy (non-hydrogen) atoms. The lowest BCUT2D eigenvalue weighted by molar-refractivity contribution is -0.261. The fourth-order valence-corrected chi connectivity index (χ4v) is 4.63. The van der Waals surface area contributed by atoms with Crippen LogP contribution in [-0.2, 0) is 27.8 Å². The molecule has 148 valence electrons. The van der Waals surface area contributed by atoms with E-state index in [1.807, 2.05) is 0 Å². The maximum absolute atomic E-state index is 6.29. The number of unbranched alkanes of at least 4 members (excludes halogenated alkanes) is 2. The van der Waals surface area contributed by atoms with Crippen molar-refractivity contribution in [3.05, 3.63) is 0 Å². The van der Waals surface area contributed by atoms with Gasteiger partial charge in [0.05, 0.1) is 18.8 Å². The summed E-state index contributed by atoms with van der Waals surface area (Å²) in [6.07, 6.45) is 5.15. The summed E-state index contributed by atoms with van der Waals surface area (Å²) in [7, 11) is -2.15. The molecule has 0 N–H and O–H groups in total. The molecule has 9 heteroatoms. The van der Waals surface area contributed by atoms with Gasteiger partial charge in [0, 0.05) is 0 Å². The van der Waals surface area contributed by atoms with E-state index in [9.17, 15) is 0 Å². The SMILES string of the molecule is CCCCB1OC[C@@H]2OC(O[Si](C)(C)C)[C@@H]3OB(CCCC)O[C@@H]3[C@H]2O1. The van der Waals surface area contributed by atoms with Crippen LogP contribution in [0.1, 0.15) is 39.5 Å². The molecule has 0 bridgehead atoms. The normalized spacial score (nSPS) is 34.7. The van der Waals surface area contributed by atoms with Crippen molar-refractivity contribution in [2.24, 2.45) is 0 Å². The van der Waals surface area contributed by atoms with Gasteiger partial charge in [-0.25, -0.2) is 0 Å². The quantitative estimate of drug-likeness (QED) is 0.599. The van der Waals surface area contributed by atoms with E-state index in [-0.39, 0.29) is 38.7 Å². The van der Waals surface area contributed by atoms with Gasteiger partial charge in [0.1, 0.15) is 12.2 Å². The fraction of sp³-hybridized carbons (Fsp3) is 1.00. The summed E-state index contributed by atoms with van der Waals surface area (Å²) in [5.74, 6) is 0. The van der Waals surface area contributed by atoms with Gasteiger partial charge in [0.15, 0.2) is 14.6 Å². The smallest absolute Gasteiger partial charge is 0.408 e. The van der Waals surface area contributed by atoms with Crippen molar-refractivity contribution in [1.82, 2.24) is 0 Å².